The molecule has 0 bridgehead atoms. The van der Waals surface area contributed by atoms with E-state index in [9.17, 15) is 13.2 Å². The Morgan fingerprint density at radius 3 is 2.39 bits per heavy atom. The molecule has 1 saturated heterocycles. The lowest BCUT2D eigenvalue weighted by Crippen LogP contribution is -2.48. The average molecular weight is 339 g/mol. The van der Waals surface area contributed by atoms with Gasteiger partial charge in [-0.05, 0) is 51.8 Å². The van der Waals surface area contributed by atoms with Crippen molar-refractivity contribution >= 4 is 15.9 Å². The summed E-state index contributed by atoms with van der Waals surface area (Å²) in [6.07, 6.45) is 2.83. The van der Waals surface area contributed by atoms with Crippen LogP contribution >= 0.6 is 0 Å². The molecule has 0 aliphatic carbocycles. The van der Waals surface area contributed by atoms with Crippen LogP contribution in [0.5, 0.6) is 0 Å². The molecule has 0 atom stereocenters. The van der Waals surface area contributed by atoms with Gasteiger partial charge in [-0.1, -0.05) is 12.5 Å². The first-order chi connectivity index (χ1) is 10.7. The molecule has 1 aromatic rings. The fourth-order valence-electron chi connectivity index (χ4n) is 2.37. The second kappa shape index (κ2) is 6.98. The number of hydrogen-bond donors (Lipinski definition) is 2. The lowest BCUT2D eigenvalue weighted by Gasteiger charge is -2.26. The Balaban J connectivity index is 2.17. The molecular weight excluding hydrogens is 314 g/mol. The molecule has 128 valence electrons. The molecule has 0 saturated carbocycles. The molecule has 1 heterocycles. The maximum absolute atomic E-state index is 12.7. The van der Waals surface area contributed by atoms with Crippen molar-refractivity contribution in [1.82, 2.24) is 15.2 Å². The van der Waals surface area contributed by atoms with Crippen LogP contribution in [0.4, 0.5) is 0 Å². The molecule has 1 aromatic carbocycles. The molecule has 1 fully saturated rings. The van der Waals surface area contributed by atoms with Crippen LogP contribution in [-0.2, 0) is 10.0 Å². The first-order valence-corrected chi connectivity index (χ1v) is 9.32. The number of carbonyl (C=O) groups excluding carboxylic acids is 1. The van der Waals surface area contributed by atoms with Crippen molar-refractivity contribution in [2.45, 2.75) is 50.5 Å². The lowest BCUT2D eigenvalue weighted by atomic mass is 10.1. The van der Waals surface area contributed by atoms with Gasteiger partial charge in [0.1, 0.15) is 0 Å². The largest absolute Gasteiger partial charge is 0.287 e. The zero-order valence-electron chi connectivity index (χ0n) is 13.9. The smallest absolute Gasteiger partial charge is 0.265 e. The van der Waals surface area contributed by atoms with E-state index in [1.807, 2.05) is 20.8 Å². The Hall–Kier alpha value is -1.44. The van der Waals surface area contributed by atoms with Gasteiger partial charge in [0.05, 0.1) is 4.90 Å². The van der Waals surface area contributed by atoms with Gasteiger partial charge in [0.15, 0.2) is 0 Å². The number of rotatable bonds is 4. The molecule has 7 heteroatoms. The van der Waals surface area contributed by atoms with Crippen molar-refractivity contribution in [3.05, 3.63) is 29.8 Å². The van der Waals surface area contributed by atoms with E-state index in [1.54, 1.807) is 12.1 Å². The SMILES string of the molecule is CC(C)(C)NNC(=O)c1cccc(S(=O)(=O)N2CCCCC2)c1. The molecule has 1 aliphatic heterocycles. The molecule has 0 aromatic heterocycles. The van der Waals surface area contributed by atoms with Gasteiger partial charge in [-0.15, -0.1) is 0 Å². The highest BCUT2D eigenvalue weighted by Gasteiger charge is 2.26. The maximum Gasteiger partial charge on any atom is 0.265 e. The lowest BCUT2D eigenvalue weighted by molar-refractivity contribution is 0.0914. The third-order valence-corrected chi connectivity index (χ3v) is 5.49. The minimum Gasteiger partial charge on any atom is -0.287 e. The third-order valence-electron chi connectivity index (χ3n) is 3.60. The van der Waals surface area contributed by atoms with E-state index in [-0.39, 0.29) is 16.3 Å². The topological polar surface area (TPSA) is 78.5 Å². The van der Waals surface area contributed by atoms with Gasteiger partial charge in [0.2, 0.25) is 10.0 Å². The first kappa shape index (κ1) is 17.9. The predicted molar refractivity (Wildman–Crippen MR) is 89.4 cm³/mol. The molecule has 1 amide bonds. The van der Waals surface area contributed by atoms with Crippen LogP contribution in [0.25, 0.3) is 0 Å². The number of carbonyl (C=O) groups is 1. The molecular formula is C16H25N3O3S. The zero-order chi connectivity index (χ0) is 17.1. The highest BCUT2D eigenvalue weighted by molar-refractivity contribution is 7.89. The highest BCUT2D eigenvalue weighted by Crippen LogP contribution is 2.21. The number of piperidine rings is 1. The molecule has 0 unspecified atom stereocenters. The number of nitrogens with zero attached hydrogens (tertiary/aromatic N) is 1. The summed E-state index contributed by atoms with van der Waals surface area (Å²) in [4.78, 5) is 12.3. The number of benzene rings is 1. The number of hydrazine groups is 1. The van der Waals surface area contributed by atoms with Crippen molar-refractivity contribution in [3.63, 3.8) is 0 Å². The summed E-state index contributed by atoms with van der Waals surface area (Å²) < 4.78 is 26.8. The van der Waals surface area contributed by atoms with E-state index < -0.39 is 10.0 Å². The average Bonchev–Trinajstić information content (AvgIpc) is 2.53. The summed E-state index contributed by atoms with van der Waals surface area (Å²) in [7, 11) is -3.53. The van der Waals surface area contributed by atoms with Crippen molar-refractivity contribution in [1.29, 1.82) is 0 Å². The Kier molecular flexibility index (Phi) is 5.44. The second-order valence-electron chi connectivity index (χ2n) is 6.82. The van der Waals surface area contributed by atoms with Gasteiger partial charge in [0.25, 0.3) is 5.91 Å². The molecule has 0 spiro atoms. The van der Waals surface area contributed by atoms with Gasteiger partial charge in [-0.25, -0.2) is 13.8 Å². The Morgan fingerprint density at radius 2 is 1.78 bits per heavy atom. The van der Waals surface area contributed by atoms with E-state index in [4.69, 9.17) is 0 Å². The molecule has 6 nitrogen and oxygen atoms in total. The predicted octanol–water partition coefficient (Wildman–Crippen LogP) is 1.89. The number of sulfonamides is 1. The van der Waals surface area contributed by atoms with Crippen LogP contribution < -0.4 is 10.9 Å². The summed E-state index contributed by atoms with van der Waals surface area (Å²) in [6, 6.07) is 6.18. The molecule has 2 rings (SSSR count). The van der Waals surface area contributed by atoms with Gasteiger partial charge in [-0.3, -0.25) is 10.2 Å². The summed E-state index contributed by atoms with van der Waals surface area (Å²) in [5, 5.41) is 0. The van der Waals surface area contributed by atoms with Gasteiger partial charge in [-0.2, -0.15) is 4.31 Å². The van der Waals surface area contributed by atoms with Gasteiger partial charge in [0, 0.05) is 24.2 Å². The van der Waals surface area contributed by atoms with Crippen molar-refractivity contribution in [2.24, 2.45) is 0 Å². The Bertz CT molecular complexity index is 659. The van der Waals surface area contributed by atoms with E-state index in [2.05, 4.69) is 10.9 Å². The monoisotopic (exact) mass is 339 g/mol. The van der Waals surface area contributed by atoms with Crippen LogP contribution in [0.3, 0.4) is 0 Å². The molecule has 1 aliphatic rings. The minimum atomic E-state index is -3.53. The maximum atomic E-state index is 12.7. The van der Waals surface area contributed by atoms with Crippen LogP contribution in [-0.4, -0.2) is 37.3 Å². The van der Waals surface area contributed by atoms with E-state index in [0.29, 0.717) is 18.7 Å². The van der Waals surface area contributed by atoms with Crippen molar-refractivity contribution in [2.75, 3.05) is 13.1 Å². The number of amides is 1. The Labute approximate surface area is 138 Å². The van der Waals surface area contributed by atoms with Crippen LogP contribution in [0, 0.1) is 0 Å². The third kappa shape index (κ3) is 4.76. The molecule has 2 N–H and O–H groups in total. The fraction of sp³-hybridized carbons (Fsp3) is 0.562. The van der Waals surface area contributed by atoms with E-state index in [1.165, 1.54) is 16.4 Å². The second-order valence-corrected chi connectivity index (χ2v) is 8.76. The van der Waals surface area contributed by atoms with Crippen LogP contribution in [0.2, 0.25) is 0 Å². The summed E-state index contributed by atoms with van der Waals surface area (Å²) in [5.74, 6) is -0.351. The zero-order valence-corrected chi connectivity index (χ0v) is 14.7. The standard InChI is InChI=1S/C16H25N3O3S/c1-16(2,3)18-17-15(20)13-8-7-9-14(12-13)23(21,22)19-10-5-4-6-11-19/h7-9,12,18H,4-6,10-11H2,1-3H3,(H,17,20). The van der Waals surface area contributed by atoms with Gasteiger partial charge >= 0.3 is 0 Å². The van der Waals surface area contributed by atoms with Gasteiger partial charge < -0.3 is 0 Å². The minimum absolute atomic E-state index is 0.169. The summed E-state index contributed by atoms with van der Waals surface area (Å²) in [5.41, 5.74) is 5.53. The molecule has 0 radical (unpaired) electrons. The molecule has 23 heavy (non-hydrogen) atoms. The number of nitrogens with one attached hydrogen (secondary N) is 2. The van der Waals surface area contributed by atoms with Crippen LogP contribution in [0.1, 0.15) is 50.4 Å². The van der Waals surface area contributed by atoms with Crippen LogP contribution in [0.15, 0.2) is 29.2 Å². The van der Waals surface area contributed by atoms with E-state index >= 15 is 0 Å². The summed E-state index contributed by atoms with van der Waals surface area (Å²) in [6.45, 7) is 6.86. The number of hydrogen-bond acceptors (Lipinski definition) is 4. The Morgan fingerprint density at radius 1 is 1.13 bits per heavy atom. The first-order valence-electron chi connectivity index (χ1n) is 7.88. The normalized spacial score (nSPS) is 17.0. The highest BCUT2D eigenvalue weighted by atomic mass is 32.2. The van der Waals surface area contributed by atoms with Crippen molar-refractivity contribution in [3.8, 4) is 0 Å². The fourth-order valence-corrected chi connectivity index (χ4v) is 3.93. The van der Waals surface area contributed by atoms with Crippen molar-refractivity contribution < 1.29 is 13.2 Å². The van der Waals surface area contributed by atoms with E-state index in [0.717, 1.165) is 19.3 Å². The quantitative estimate of drug-likeness (QED) is 0.821. The summed E-state index contributed by atoms with van der Waals surface area (Å²) >= 11 is 0.